The topological polar surface area (TPSA) is 43.7 Å². The molecule has 3 aromatic carbocycles. The average molecular weight is 431 g/mol. The highest BCUT2D eigenvalue weighted by Gasteiger charge is 2.12. The van der Waals surface area contributed by atoms with E-state index in [9.17, 15) is 10.2 Å². The van der Waals surface area contributed by atoms with Crippen molar-refractivity contribution < 1.29 is 10.2 Å². The van der Waals surface area contributed by atoms with Gasteiger partial charge in [-0.15, -0.1) is 0 Å². The minimum atomic E-state index is 0.0367. The van der Waals surface area contributed by atoms with Gasteiger partial charge in [-0.1, -0.05) is 24.3 Å². The number of aliphatic hydroxyl groups excluding tert-OH is 2. The summed E-state index contributed by atoms with van der Waals surface area (Å²) >= 11 is 2.29. The Balaban J connectivity index is 2.06. The summed E-state index contributed by atoms with van der Waals surface area (Å²) in [6.07, 6.45) is 0. The van der Waals surface area contributed by atoms with Crippen LogP contribution in [0.25, 0.3) is 0 Å². The Morgan fingerprint density at radius 2 is 0.917 bits per heavy atom. The smallest absolute Gasteiger partial charge is 0.0681 e. The molecule has 0 fully saturated rings. The van der Waals surface area contributed by atoms with Crippen LogP contribution in [0.3, 0.4) is 0 Å². The zero-order valence-corrected chi connectivity index (χ0v) is 15.2. The first kappa shape index (κ1) is 17.0. The normalized spacial score (nSPS) is 10.6. The van der Waals surface area contributed by atoms with E-state index >= 15 is 0 Å². The van der Waals surface area contributed by atoms with Crippen molar-refractivity contribution in [1.82, 2.24) is 0 Å². The lowest BCUT2D eigenvalue weighted by Gasteiger charge is -2.26. The zero-order chi connectivity index (χ0) is 16.9. The van der Waals surface area contributed by atoms with Gasteiger partial charge in [-0.2, -0.15) is 0 Å². The van der Waals surface area contributed by atoms with Gasteiger partial charge in [0.15, 0.2) is 0 Å². The van der Waals surface area contributed by atoms with Gasteiger partial charge in [0.1, 0.15) is 0 Å². The van der Waals surface area contributed by atoms with Crippen LogP contribution in [0.4, 0.5) is 17.1 Å². The standard InChI is InChI=1S/C20H18INO2/c21-17-5-11-20(12-6-17)22(18-7-1-15(13-23)2-8-18)19-9-3-16(14-24)4-10-19/h1-12,23-24H,13-14H2. The number of halogens is 1. The summed E-state index contributed by atoms with van der Waals surface area (Å²) in [6, 6.07) is 24.0. The minimum absolute atomic E-state index is 0.0367. The molecule has 0 aliphatic rings. The van der Waals surface area contributed by atoms with Crippen molar-refractivity contribution in [2.75, 3.05) is 4.90 Å². The van der Waals surface area contributed by atoms with Gasteiger partial charge in [-0.3, -0.25) is 0 Å². The van der Waals surface area contributed by atoms with Crippen molar-refractivity contribution in [2.45, 2.75) is 13.2 Å². The number of rotatable bonds is 5. The number of anilines is 3. The second-order valence-corrected chi connectivity index (χ2v) is 6.71. The predicted octanol–water partition coefficient (Wildman–Crippen LogP) is 4.75. The molecule has 3 nitrogen and oxygen atoms in total. The summed E-state index contributed by atoms with van der Waals surface area (Å²) in [5, 5.41) is 18.5. The Labute approximate surface area is 155 Å². The molecule has 4 heteroatoms. The van der Waals surface area contributed by atoms with Gasteiger partial charge in [0, 0.05) is 20.6 Å². The molecule has 24 heavy (non-hydrogen) atoms. The van der Waals surface area contributed by atoms with Crippen LogP contribution in [0.2, 0.25) is 0 Å². The SMILES string of the molecule is OCc1ccc(N(c2ccc(I)cc2)c2ccc(CO)cc2)cc1. The lowest BCUT2D eigenvalue weighted by atomic mass is 10.1. The van der Waals surface area contributed by atoms with E-state index in [1.165, 1.54) is 3.57 Å². The largest absolute Gasteiger partial charge is 0.392 e. The van der Waals surface area contributed by atoms with Crippen molar-refractivity contribution in [3.05, 3.63) is 87.5 Å². The molecule has 3 rings (SSSR count). The molecular formula is C20H18INO2. The molecule has 0 heterocycles. The Hall–Kier alpha value is -1.89. The molecule has 0 radical (unpaired) electrons. The summed E-state index contributed by atoms with van der Waals surface area (Å²) in [6.45, 7) is 0.0734. The molecule has 0 aromatic heterocycles. The minimum Gasteiger partial charge on any atom is -0.392 e. The third-order valence-corrected chi connectivity index (χ3v) is 4.56. The van der Waals surface area contributed by atoms with E-state index < -0.39 is 0 Å². The molecule has 122 valence electrons. The first-order chi connectivity index (χ1) is 11.7. The number of hydrogen-bond acceptors (Lipinski definition) is 3. The maximum Gasteiger partial charge on any atom is 0.0681 e. The lowest BCUT2D eigenvalue weighted by Crippen LogP contribution is -2.10. The first-order valence-corrected chi connectivity index (χ1v) is 8.74. The average Bonchev–Trinajstić information content (AvgIpc) is 2.64. The fourth-order valence-corrected chi connectivity index (χ4v) is 2.90. The van der Waals surface area contributed by atoms with Crippen molar-refractivity contribution in [3.63, 3.8) is 0 Å². The molecular weight excluding hydrogens is 413 g/mol. The predicted molar refractivity (Wildman–Crippen MR) is 106 cm³/mol. The molecule has 0 aliphatic heterocycles. The second-order valence-electron chi connectivity index (χ2n) is 5.46. The van der Waals surface area contributed by atoms with E-state index in [1.54, 1.807) is 0 Å². The Morgan fingerprint density at radius 3 is 1.25 bits per heavy atom. The lowest BCUT2D eigenvalue weighted by molar-refractivity contribution is 0.281. The summed E-state index contributed by atoms with van der Waals surface area (Å²) in [4.78, 5) is 2.15. The van der Waals surface area contributed by atoms with Gasteiger partial charge < -0.3 is 15.1 Å². The van der Waals surface area contributed by atoms with E-state index in [1.807, 2.05) is 48.5 Å². The van der Waals surface area contributed by atoms with Gasteiger partial charge in [-0.05, 0) is 82.2 Å². The van der Waals surface area contributed by atoms with Gasteiger partial charge in [0.2, 0.25) is 0 Å². The molecule has 3 aromatic rings. The highest BCUT2D eigenvalue weighted by Crippen LogP contribution is 2.34. The van der Waals surface area contributed by atoms with E-state index in [0.717, 1.165) is 28.2 Å². The van der Waals surface area contributed by atoms with Crippen LogP contribution in [0, 0.1) is 3.57 Å². The van der Waals surface area contributed by atoms with E-state index in [0.29, 0.717) is 0 Å². The number of nitrogens with zero attached hydrogens (tertiary/aromatic N) is 1. The Morgan fingerprint density at radius 1 is 0.583 bits per heavy atom. The third kappa shape index (κ3) is 3.77. The number of aliphatic hydroxyl groups is 2. The Bertz CT molecular complexity index is 736. The molecule has 2 N–H and O–H groups in total. The van der Waals surface area contributed by atoms with Crippen LogP contribution in [-0.4, -0.2) is 10.2 Å². The summed E-state index contributed by atoms with van der Waals surface area (Å²) < 4.78 is 1.18. The van der Waals surface area contributed by atoms with E-state index in [4.69, 9.17) is 0 Å². The number of hydrogen-bond donors (Lipinski definition) is 2. The molecule has 0 atom stereocenters. The highest BCUT2D eigenvalue weighted by molar-refractivity contribution is 14.1. The van der Waals surface area contributed by atoms with Gasteiger partial charge in [0.05, 0.1) is 13.2 Å². The van der Waals surface area contributed by atoms with Gasteiger partial charge in [0.25, 0.3) is 0 Å². The number of benzene rings is 3. The maximum absolute atomic E-state index is 9.25. The zero-order valence-electron chi connectivity index (χ0n) is 13.1. The van der Waals surface area contributed by atoms with Crippen LogP contribution in [0.1, 0.15) is 11.1 Å². The molecule has 0 unspecified atom stereocenters. The van der Waals surface area contributed by atoms with Crippen LogP contribution >= 0.6 is 22.6 Å². The monoisotopic (exact) mass is 431 g/mol. The fraction of sp³-hybridized carbons (Fsp3) is 0.100. The molecule has 0 spiro atoms. The van der Waals surface area contributed by atoms with Crippen LogP contribution < -0.4 is 4.90 Å². The van der Waals surface area contributed by atoms with E-state index in [2.05, 4.69) is 51.8 Å². The summed E-state index contributed by atoms with van der Waals surface area (Å²) in [5.41, 5.74) is 4.87. The van der Waals surface area contributed by atoms with Crippen molar-refractivity contribution in [3.8, 4) is 0 Å². The van der Waals surface area contributed by atoms with Crippen LogP contribution in [0.15, 0.2) is 72.8 Å². The Kier molecular flexibility index (Phi) is 5.50. The quantitative estimate of drug-likeness (QED) is 0.574. The molecule has 0 saturated heterocycles. The molecule has 0 saturated carbocycles. The van der Waals surface area contributed by atoms with Crippen molar-refractivity contribution in [1.29, 1.82) is 0 Å². The summed E-state index contributed by atoms with van der Waals surface area (Å²) in [5.74, 6) is 0. The van der Waals surface area contributed by atoms with Crippen LogP contribution in [-0.2, 0) is 13.2 Å². The van der Waals surface area contributed by atoms with Gasteiger partial charge in [-0.25, -0.2) is 0 Å². The van der Waals surface area contributed by atoms with Crippen LogP contribution in [0.5, 0.6) is 0 Å². The second kappa shape index (κ2) is 7.79. The van der Waals surface area contributed by atoms with Gasteiger partial charge >= 0.3 is 0 Å². The molecule has 0 aliphatic carbocycles. The van der Waals surface area contributed by atoms with Crippen molar-refractivity contribution in [2.24, 2.45) is 0 Å². The third-order valence-electron chi connectivity index (χ3n) is 3.84. The fourth-order valence-electron chi connectivity index (χ4n) is 2.54. The maximum atomic E-state index is 9.25. The first-order valence-electron chi connectivity index (χ1n) is 7.66. The highest BCUT2D eigenvalue weighted by atomic mass is 127. The van der Waals surface area contributed by atoms with Crippen molar-refractivity contribution >= 4 is 39.7 Å². The molecule has 0 bridgehead atoms. The molecule has 0 amide bonds. The van der Waals surface area contributed by atoms with E-state index in [-0.39, 0.29) is 13.2 Å². The summed E-state index contributed by atoms with van der Waals surface area (Å²) in [7, 11) is 0.